The number of nitrogens with zero attached hydrogens (tertiary/aromatic N) is 1. The molecule has 0 amide bonds. The van der Waals surface area contributed by atoms with E-state index < -0.39 is 0 Å². The molecule has 19 heavy (non-hydrogen) atoms. The van der Waals surface area contributed by atoms with Crippen molar-refractivity contribution in [2.75, 3.05) is 0 Å². The molecule has 0 aliphatic rings. The lowest BCUT2D eigenvalue weighted by Crippen LogP contribution is -1.99. The molecule has 3 aromatic rings. The zero-order valence-electron chi connectivity index (χ0n) is 10.3. The predicted octanol–water partition coefficient (Wildman–Crippen LogP) is 3.50. The molecule has 0 saturated carbocycles. The van der Waals surface area contributed by atoms with Crippen molar-refractivity contribution < 1.29 is 4.39 Å². The number of aromatic nitrogens is 1. The Labute approximate surface area is 110 Å². The second-order valence-corrected chi connectivity index (χ2v) is 4.42. The summed E-state index contributed by atoms with van der Waals surface area (Å²) in [6.45, 7) is 0.390. The Morgan fingerprint density at radius 1 is 1.05 bits per heavy atom. The maximum atomic E-state index is 13.4. The van der Waals surface area contributed by atoms with Crippen molar-refractivity contribution >= 4 is 10.9 Å². The van der Waals surface area contributed by atoms with Crippen molar-refractivity contribution in [1.82, 2.24) is 4.98 Å². The lowest BCUT2D eigenvalue weighted by atomic mass is 9.98. The standard InChI is InChI=1S/C16H13FN2/c17-14-5-3-13(10-18)15(9-14)11-4-6-16-12(8-11)2-1-7-19-16/h1-9H,10,18H2. The monoisotopic (exact) mass is 252 g/mol. The van der Waals surface area contributed by atoms with Gasteiger partial charge in [0, 0.05) is 18.1 Å². The largest absolute Gasteiger partial charge is 0.326 e. The van der Waals surface area contributed by atoms with E-state index in [1.807, 2.05) is 30.3 Å². The van der Waals surface area contributed by atoms with Crippen LogP contribution in [0.3, 0.4) is 0 Å². The van der Waals surface area contributed by atoms with E-state index in [4.69, 9.17) is 5.73 Å². The molecule has 0 aliphatic carbocycles. The quantitative estimate of drug-likeness (QED) is 0.758. The molecular formula is C16H13FN2. The number of pyridine rings is 1. The van der Waals surface area contributed by atoms with Gasteiger partial charge >= 0.3 is 0 Å². The van der Waals surface area contributed by atoms with Crippen LogP contribution in [0.2, 0.25) is 0 Å². The molecule has 2 aromatic carbocycles. The van der Waals surface area contributed by atoms with E-state index in [0.717, 1.165) is 27.6 Å². The molecular weight excluding hydrogens is 239 g/mol. The normalized spacial score (nSPS) is 10.8. The van der Waals surface area contributed by atoms with Gasteiger partial charge in [-0.1, -0.05) is 18.2 Å². The Morgan fingerprint density at radius 3 is 2.79 bits per heavy atom. The van der Waals surface area contributed by atoms with Gasteiger partial charge in [-0.25, -0.2) is 4.39 Å². The third-order valence-electron chi connectivity index (χ3n) is 3.21. The van der Waals surface area contributed by atoms with Crippen LogP contribution in [-0.4, -0.2) is 4.98 Å². The van der Waals surface area contributed by atoms with Crippen molar-refractivity contribution in [1.29, 1.82) is 0 Å². The number of benzene rings is 2. The Balaban J connectivity index is 2.21. The molecule has 2 N–H and O–H groups in total. The molecule has 0 saturated heterocycles. The second kappa shape index (κ2) is 4.78. The summed E-state index contributed by atoms with van der Waals surface area (Å²) in [4.78, 5) is 4.28. The average molecular weight is 252 g/mol. The van der Waals surface area contributed by atoms with Crippen LogP contribution in [0.5, 0.6) is 0 Å². The molecule has 0 spiro atoms. The van der Waals surface area contributed by atoms with E-state index in [0.29, 0.717) is 6.54 Å². The molecule has 1 heterocycles. The highest BCUT2D eigenvalue weighted by Crippen LogP contribution is 2.27. The van der Waals surface area contributed by atoms with Crippen LogP contribution in [0.4, 0.5) is 4.39 Å². The summed E-state index contributed by atoms with van der Waals surface area (Å²) < 4.78 is 13.4. The first-order valence-corrected chi connectivity index (χ1v) is 6.11. The average Bonchev–Trinajstić information content (AvgIpc) is 2.46. The highest BCUT2D eigenvalue weighted by molar-refractivity contribution is 5.84. The van der Waals surface area contributed by atoms with Crippen LogP contribution in [0.15, 0.2) is 54.7 Å². The highest BCUT2D eigenvalue weighted by Gasteiger charge is 2.06. The van der Waals surface area contributed by atoms with Gasteiger partial charge in [-0.15, -0.1) is 0 Å². The van der Waals surface area contributed by atoms with Crippen LogP contribution in [0.1, 0.15) is 5.56 Å². The van der Waals surface area contributed by atoms with E-state index in [1.165, 1.54) is 12.1 Å². The minimum atomic E-state index is -0.251. The molecule has 0 bridgehead atoms. The summed E-state index contributed by atoms with van der Waals surface area (Å²) >= 11 is 0. The Kier molecular flexibility index (Phi) is 2.97. The van der Waals surface area contributed by atoms with Gasteiger partial charge in [0.2, 0.25) is 0 Å². The third kappa shape index (κ3) is 2.20. The van der Waals surface area contributed by atoms with Gasteiger partial charge in [0.05, 0.1) is 5.52 Å². The van der Waals surface area contributed by atoms with Crippen molar-refractivity contribution in [2.45, 2.75) is 6.54 Å². The summed E-state index contributed by atoms with van der Waals surface area (Å²) in [5.74, 6) is -0.251. The Morgan fingerprint density at radius 2 is 1.95 bits per heavy atom. The number of hydrogen-bond acceptors (Lipinski definition) is 2. The van der Waals surface area contributed by atoms with Gasteiger partial charge in [-0.3, -0.25) is 4.98 Å². The van der Waals surface area contributed by atoms with Crippen LogP contribution in [0.25, 0.3) is 22.0 Å². The zero-order valence-corrected chi connectivity index (χ0v) is 10.3. The van der Waals surface area contributed by atoms with E-state index in [9.17, 15) is 4.39 Å². The van der Waals surface area contributed by atoms with Gasteiger partial charge in [0.25, 0.3) is 0 Å². The fourth-order valence-electron chi connectivity index (χ4n) is 2.24. The third-order valence-corrected chi connectivity index (χ3v) is 3.21. The number of fused-ring (bicyclic) bond motifs is 1. The van der Waals surface area contributed by atoms with Gasteiger partial charge in [-0.2, -0.15) is 0 Å². The second-order valence-electron chi connectivity index (χ2n) is 4.42. The van der Waals surface area contributed by atoms with Crippen molar-refractivity contribution in [3.63, 3.8) is 0 Å². The fraction of sp³-hybridized carbons (Fsp3) is 0.0625. The maximum Gasteiger partial charge on any atom is 0.123 e. The highest BCUT2D eigenvalue weighted by atomic mass is 19.1. The lowest BCUT2D eigenvalue weighted by molar-refractivity contribution is 0.627. The van der Waals surface area contributed by atoms with Gasteiger partial charge in [0.1, 0.15) is 5.82 Å². The van der Waals surface area contributed by atoms with Crippen molar-refractivity contribution in [3.05, 3.63) is 66.1 Å². The Bertz CT molecular complexity index is 738. The lowest BCUT2D eigenvalue weighted by Gasteiger charge is -2.09. The van der Waals surface area contributed by atoms with Crippen molar-refractivity contribution in [3.8, 4) is 11.1 Å². The minimum absolute atomic E-state index is 0.251. The van der Waals surface area contributed by atoms with E-state index in [-0.39, 0.29) is 5.82 Å². The maximum absolute atomic E-state index is 13.4. The molecule has 0 unspecified atom stereocenters. The van der Waals surface area contributed by atoms with E-state index in [1.54, 1.807) is 12.3 Å². The minimum Gasteiger partial charge on any atom is -0.326 e. The number of nitrogens with two attached hydrogens (primary N) is 1. The zero-order chi connectivity index (χ0) is 13.2. The first kappa shape index (κ1) is 11.8. The molecule has 1 aromatic heterocycles. The van der Waals surface area contributed by atoms with E-state index in [2.05, 4.69) is 4.98 Å². The van der Waals surface area contributed by atoms with Crippen molar-refractivity contribution in [2.24, 2.45) is 5.73 Å². The molecule has 94 valence electrons. The Hall–Kier alpha value is -2.26. The van der Waals surface area contributed by atoms with Gasteiger partial charge in [0.15, 0.2) is 0 Å². The topological polar surface area (TPSA) is 38.9 Å². The molecule has 2 nitrogen and oxygen atoms in total. The summed E-state index contributed by atoms with van der Waals surface area (Å²) in [6, 6.07) is 14.5. The van der Waals surface area contributed by atoms with E-state index >= 15 is 0 Å². The molecule has 0 aliphatic heterocycles. The molecule has 3 heteroatoms. The molecule has 0 atom stereocenters. The van der Waals surface area contributed by atoms with Crippen LogP contribution in [0, 0.1) is 5.82 Å². The van der Waals surface area contributed by atoms with Gasteiger partial charge < -0.3 is 5.73 Å². The molecule has 0 fully saturated rings. The summed E-state index contributed by atoms with van der Waals surface area (Å²) in [7, 11) is 0. The fourth-order valence-corrected chi connectivity index (χ4v) is 2.24. The number of halogens is 1. The van der Waals surface area contributed by atoms with Crippen LogP contribution < -0.4 is 5.73 Å². The smallest absolute Gasteiger partial charge is 0.123 e. The SMILES string of the molecule is NCc1ccc(F)cc1-c1ccc2ncccc2c1. The first-order chi connectivity index (χ1) is 9.28. The van der Waals surface area contributed by atoms with Gasteiger partial charge in [-0.05, 0) is 47.0 Å². The summed E-state index contributed by atoms with van der Waals surface area (Å²) in [5, 5.41) is 1.03. The first-order valence-electron chi connectivity index (χ1n) is 6.11. The summed E-state index contributed by atoms with van der Waals surface area (Å²) in [5.41, 5.74) is 9.38. The van der Waals surface area contributed by atoms with Crippen LogP contribution >= 0.6 is 0 Å². The predicted molar refractivity (Wildman–Crippen MR) is 75.0 cm³/mol. The molecule has 3 rings (SSSR count). The molecule has 0 radical (unpaired) electrons. The van der Waals surface area contributed by atoms with Crippen LogP contribution in [-0.2, 0) is 6.54 Å². The summed E-state index contributed by atoms with van der Waals surface area (Å²) in [6.07, 6.45) is 1.76. The number of hydrogen-bond donors (Lipinski definition) is 1. The number of rotatable bonds is 2.